The minimum Gasteiger partial charge on any atom is -0.497 e. The molecule has 2 saturated heterocycles. The third-order valence-electron chi connectivity index (χ3n) is 7.75. The van der Waals surface area contributed by atoms with Crippen LogP contribution in [0.5, 0.6) is 11.5 Å². The molecule has 0 aromatic heterocycles. The molecule has 5 rings (SSSR count). The van der Waals surface area contributed by atoms with Crippen molar-refractivity contribution in [3.05, 3.63) is 59.7 Å². The van der Waals surface area contributed by atoms with Crippen molar-refractivity contribution in [2.45, 2.75) is 74.9 Å². The fourth-order valence-electron chi connectivity index (χ4n) is 6.22. The Morgan fingerprint density at radius 2 is 1.58 bits per heavy atom. The molecule has 2 heterocycles. The van der Waals surface area contributed by atoms with Crippen LogP contribution in [0.25, 0.3) is 0 Å². The molecule has 2 aromatic carbocycles. The summed E-state index contributed by atoms with van der Waals surface area (Å²) in [6.07, 6.45) is 2.98. The predicted molar refractivity (Wildman–Crippen MR) is 152 cm³/mol. The van der Waals surface area contributed by atoms with Crippen molar-refractivity contribution in [1.29, 1.82) is 0 Å². The molecule has 3 fully saturated rings. The molecule has 4 atom stereocenters. The molecule has 7 nitrogen and oxygen atoms in total. The van der Waals surface area contributed by atoms with E-state index in [0.29, 0.717) is 19.4 Å². The molecule has 2 amide bonds. The van der Waals surface area contributed by atoms with Gasteiger partial charge in [0.25, 0.3) is 0 Å². The number of benzene rings is 2. The van der Waals surface area contributed by atoms with Gasteiger partial charge >= 0.3 is 6.03 Å². The highest BCUT2D eigenvalue weighted by molar-refractivity contribution is 7.99. The van der Waals surface area contributed by atoms with E-state index in [4.69, 9.17) is 13.9 Å². The first-order valence-corrected chi connectivity index (χ1v) is 17.8. The molecule has 0 radical (unpaired) electrons. The lowest BCUT2D eigenvalue weighted by Gasteiger charge is -2.48. The number of amides is 2. The Bertz CT molecular complexity index is 1170. The fourth-order valence-corrected chi connectivity index (χ4v) is 9.13. The summed E-state index contributed by atoms with van der Waals surface area (Å²) >= 11 is 1.77. The molecule has 1 saturated carbocycles. The Balaban J connectivity index is 1.57. The van der Waals surface area contributed by atoms with Gasteiger partial charge in [-0.3, -0.25) is 4.79 Å². The highest BCUT2D eigenvalue weighted by atomic mass is 32.2. The predicted octanol–water partition coefficient (Wildman–Crippen LogP) is 5.86. The van der Waals surface area contributed by atoms with E-state index in [9.17, 15) is 9.59 Å². The molecule has 2 unspecified atom stereocenters. The first-order chi connectivity index (χ1) is 18.2. The lowest BCUT2D eigenvalue weighted by molar-refractivity contribution is -0.145. The van der Waals surface area contributed by atoms with Gasteiger partial charge in [-0.1, -0.05) is 24.3 Å². The molecule has 3 aliphatic rings. The van der Waals surface area contributed by atoms with Crippen LogP contribution in [0.2, 0.25) is 19.6 Å². The lowest BCUT2D eigenvalue weighted by atomic mass is 9.75. The monoisotopic (exact) mass is 554 g/mol. The molecule has 38 heavy (non-hydrogen) atoms. The van der Waals surface area contributed by atoms with Crippen molar-refractivity contribution in [2.24, 2.45) is 0 Å². The topological polar surface area (TPSA) is 68.3 Å². The van der Waals surface area contributed by atoms with Crippen LogP contribution in [0.3, 0.4) is 0 Å². The Kier molecular flexibility index (Phi) is 7.54. The first kappa shape index (κ1) is 27.1. The van der Waals surface area contributed by atoms with E-state index >= 15 is 0 Å². The molecule has 0 spiro atoms. The summed E-state index contributed by atoms with van der Waals surface area (Å²) in [5, 5.41) is -0.121. The summed E-state index contributed by atoms with van der Waals surface area (Å²) in [4.78, 5) is 32.2. The minimum absolute atomic E-state index is 0.0291. The molecule has 0 N–H and O–H groups in total. The number of urea groups is 1. The van der Waals surface area contributed by atoms with Crippen molar-refractivity contribution >= 4 is 31.9 Å². The van der Waals surface area contributed by atoms with Gasteiger partial charge in [0.2, 0.25) is 0 Å². The maximum absolute atomic E-state index is 14.3. The number of hydrogen-bond donors (Lipinski definition) is 0. The smallest absolute Gasteiger partial charge is 0.322 e. The van der Waals surface area contributed by atoms with Crippen molar-refractivity contribution < 1.29 is 23.5 Å². The normalized spacial score (nSPS) is 27.6. The molecule has 0 bridgehead atoms. The van der Waals surface area contributed by atoms with Crippen LogP contribution in [0.1, 0.15) is 42.2 Å². The van der Waals surface area contributed by atoms with E-state index in [1.165, 1.54) is 0 Å². The Morgan fingerprint density at radius 1 is 0.947 bits per heavy atom. The average molecular weight is 555 g/mol. The summed E-state index contributed by atoms with van der Waals surface area (Å²) < 4.78 is 17.6. The number of carbonyl (C=O) groups is 2. The van der Waals surface area contributed by atoms with E-state index in [1.54, 1.807) is 26.0 Å². The van der Waals surface area contributed by atoms with Crippen LogP contribution in [-0.2, 0) is 15.8 Å². The van der Waals surface area contributed by atoms with Crippen LogP contribution in [0.4, 0.5) is 4.79 Å². The van der Waals surface area contributed by atoms with Gasteiger partial charge < -0.3 is 23.7 Å². The van der Waals surface area contributed by atoms with Gasteiger partial charge in [0.05, 0.1) is 26.3 Å². The average Bonchev–Trinajstić information content (AvgIpc) is 3.44. The summed E-state index contributed by atoms with van der Waals surface area (Å²) in [6.45, 7) is 6.85. The molecule has 204 valence electrons. The molecular weight excluding hydrogens is 516 g/mol. The summed E-state index contributed by atoms with van der Waals surface area (Å²) in [5.41, 5.74) is 1.09. The molecule has 9 heteroatoms. The number of ketones is 1. The summed E-state index contributed by atoms with van der Waals surface area (Å²) in [5.74, 6) is 2.48. The number of hydrogen-bond acceptors (Lipinski definition) is 6. The van der Waals surface area contributed by atoms with E-state index in [-0.39, 0.29) is 29.3 Å². The SMILES string of the molecule is COc1ccc(CN2C(=O)N3C(c4ccc(OC)cc4)SC[C@H]3[C@@H]2C2(O[Si](C)(C)C)CCCCC2=O)cc1. The Labute approximate surface area is 230 Å². The Hall–Kier alpha value is -2.49. The van der Waals surface area contributed by atoms with E-state index in [0.717, 1.165) is 41.2 Å². The summed E-state index contributed by atoms with van der Waals surface area (Å²) in [6, 6.07) is 15.3. The number of nitrogens with zero attached hydrogens (tertiary/aromatic N) is 2. The zero-order valence-corrected chi connectivity index (χ0v) is 24.8. The first-order valence-electron chi connectivity index (χ1n) is 13.4. The van der Waals surface area contributed by atoms with Gasteiger partial charge in [-0.2, -0.15) is 0 Å². The van der Waals surface area contributed by atoms with Crippen molar-refractivity contribution in [1.82, 2.24) is 9.80 Å². The number of Topliss-reactive ketones (excluding diaryl/α,β-unsaturated/α-hetero) is 1. The molecule has 2 aromatic rings. The molecule has 2 aliphatic heterocycles. The zero-order chi connectivity index (χ0) is 27.1. The van der Waals surface area contributed by atoms with E-state index < -0.39 is 13.9 Å². The van der Waals surface area contributed by atoms with Gasteiger partial charge in [-0.15, -0.1) is 11.8 Å². The maximum atomic E-state index is 14.3. The highest BCUT2D eigenvalue weighted by Crippen LogP contribution is 2.52. The number of ether oxygens (including phenoxy) is 2. The maximum Gasteiger partial charge on any atom is 0.322 e. The number of carbonyl (C=O) groups excluding carboxylic acids is 2. The lowest BCUT2D eigenvalue weighted by Crippen LogP contribution is -2.64. The van der Waals surface area contributed by atoms with E-state index in [2.05, 4.69) is 19.6 Å². The van der Waals surface area contributed by atoms with Gasteiger partial charge in [-0.25, -0.2) is 4.79 Å². The van der Waals surface area contributed by atoms with E-state index in [1.807, 2.05) is 58.3 Å². The van der Waals surface area contributed by atoms with Crippen molar-refractivity contribution in [3.63, 3.8) is 0 Å². The fraction of sp³-hybridized carbons (Fsp3) is 0.517. The van der Waals surface area contributed by atoms with Crippen molar-refractivity contribution in [2.75, 3.05) is 20.0 Å². The summed E-state index contributed by atoms with van der Waals surface area (Å²) in [7, 11) is 1.17. The van der Waals surface area contributed by atoms with Crippen LogP contribution in [0, 0.1) is 0 Å². The second-order valence-electron chi connectivity index (χ2n) is 11.4. The highest BCUT2D eigenvalue weighted by Gasteiger charge is 2.63. The Morgan fingerprint density at radius 3 is 2.16 bits per heavy atom. The number of rotatable bonds is 8. The van der Waals surface area contributed by atoms with Gasteiger partial charge in [0.15, 0.2) is 14.1 Å². The zero-order valence-electron chi connectivity index (χ0n) is 22.9. The number of methoxy groups -OCH3 is 2. The minimum atomic E-state index is -2.13. The van der Waals surface area contributed by atoms with Crippen molar-refractivity contribution in [3.8, 4) is 11.5 Å². The van der Waals surface area contributed by atoms with Crippen LogP contribution in [0.15, 0.2) is 48.5 Å². The standard InChI is InChI=1S/C29H38N2O5SSi/c1-34-22-13-9-20(10-14-22)18-30-26(29(36-38(3,4)5)17-7-6-8-25(29)32)24-19-37-27(31(24)28(30)33)21-11-15-23(35-2)16-12-21/h9-16,24,26-27H,6-8,17-19H2,1-5H3/t24-,26+,27?,29?/m0/s1. The molecule has 1 aliphatic carbocycles. The third kappa shape index (κ3) is 4.96. The number of fused-ring (bicyclic) bond motifs is 1. The second kappa shape index (κ2) is 10.6. The van der Waals surface area contributed by atoms with Crippen LogP contribution in [-0.4, -0.2) is 67.6 Å². The number of thioether (sulfide) groups is 1. The molecular formula is C29H38N2O5SSi. The van der Waals surface area contributed by atoms with Crippen LogP contribution < -0.4 is 9.47 Å². The third-order valence-corrected chi connectivity index (χ3v) is 10.1. The van der Waals surface area contributed by atoms with Gasteiger partial charge in [0, 0.05) is 18.7 Å². The quantitative estimate of drug-likeness (QED) is 0.381. The van der Waals surface area contributed by atoms with Gasteiger partial charge in [0.1, 0.15) is 22.5 Å². The van der Waals surface area contributed by atoms with Gasteiger partial charge in [-0.05, 0) is 74.3 Å². The second-order valence-corrected chi connectivity index (χ2v) is 16.9. The van der Waals surface area contributed by atoms with Crippen LogP contribution >= 0.6 is 11.8 Å². The largest absolute Gasteiger partial charge is 0.497 e.